The van der Waals surface area contributed by atoms with Crippen LogP contribution in [-0.2, 0) is 11.2 Å². The Morgan fingerprint density at radius 1 is 1.41 bits per heavy atom. The molecule has 0 radical (unpaired) electrons. The molecular formula is C17H25ClFNO2. The zero-order valence-corrected chi connectivity index (χ0v) is 13.8. The molecule has 3 nitrogen and oxygen atoms in total. The second kappa shape index (κ2) is 8.25. The van der Waals surface area contributed by atoms with Crippen molar-refractivity contribution in [3.05, 3.63) is 34.6 Å². The number of hydrogen-bond donors (Lipinski definition) is 2. The van der Waals surface area contributed by atoms with Gasteiger partial charge in [-0.1, -0.05) is 17.7 Å². The highest BCUT2D eigenvalue weighted by atomic mass is 35.5. The summed E-state index contributed by atoms with van der Waals surface area (Å²) in [6.07, 6.45) is 3.51. The number of aliphatic hydroxyl groups excluding tert-OH is 1. The Labute approximate surface area is 136 Å². The molecule has 0 spiro atoms. The summed E-state index contributed by atoms with van der Waals surface area (Å²) in [6.45, 7) is 4.70. The van der Waals surface area contributed by atoms with Crippen molar-refractivity contribution < 1.29 is 14.2 Å². The van der Waals surface area contributed by atoms with Crippen LogP contribution in [0.2, 0.25) is 5.02 Å². The first-order chi connectivity index (χ1) is 10.5. The van der Waals surface area contributed by atoms with E-state index in [1.807, 2.05) is 0 Å². The molecule has 0 amide bonds. The van der Waals surface area contributed by atoms with Gasteiger partial charge in [-0.3, -0.25) is 0 Å². The molecule has 0 aliphatic carbocycles. The molecule has 1 unspecified atom stereocenters. The fourth-order valence-electron chi connectivity index (χ4n) is 3.04. The largest absolute Gasteiger partial charge is 0.396 e. The van der Waals surface area contributed by atoms with Crippen LogP contribution in [0, 0.1) is 11.2 Å². The van der Waals surface area contributed by atoms with Gasteiger partial charge in [0, 0.05) is 37.4 Å². The summed E-state index contributed by atoms with van der Waals surface area (Å²) in [4.78, 5) is 0. The predicted octanol–water partition coefficient (Wildman–Crippen LogP) is 3.18. The Kier molecular flexibility index (Phi) is 6.63. The van der Waals surface area contributed by atoms with Crippen LogP contribution in [0.4, 0.5) is 4.39 Å². The lowest BCUT2D eigenvalue weighted by molar-refractivity contribution is 0.00153. The van der Waals surface area contributed by atoms with Crippen molar-refractivity contribution in [2.24, 2.45) is 5.41 Å². The molecule has 1 atom stereocenters. The average Bonchev–Trinajstić information content (AvgIpc) is 2.50. The quantitative estimate of drug-likeness (QED) is 0.807. The molecule has 1 saturated heterocycles. The van der Waals surface area contributed by atoms with Gasteiger partial charge >= 0.3 is 0 Å². The molecular weight excluding hydrogens is 305 g/mol. The lowest BCUT2D eigenvalue weighted by atomic mass is 9.77. The lowest BCUT2D eigenvalue weighted by Crippen LogP contribution is -2.43. The zero-order valence-electron chi connectivity index (χ0n) is 13.1. The Morgan fingerprint density at radius 3 is 2.77 bits per heavy atom. The van der Waals surface area contributed by atoms with E-state index in [1.54, 1.807) is 6.07 Å². The van der Waals surface area contributed by atoms with Crippen LogP contribution in [0.5, 0.6) is 0 Å². The van der Waals surface area contributed by atoms with Crippen LogP contribution < -0.4 is 5.32 Å². The molecule has 1 aliphatic heterocycles. The third-order valence-electron chi connectivity index (χ3n) is 4.56. The Bertz CT molecular complexity index is 472. The van der Waals surface area contributed by atoms with Crippen molar-refractivity contribution in [1.82, 2.24) is 5.32 Å². The molecule has 2 N–H and O–H groups in total. The van der Waals surface area contributed by atoms with Crippen molar-refractivity contribution in [2.45, 2.75) is 38.6 Å². The molecule has 0 saturated carbocycles. The van der Waals surface area contributed by atoms with E-state index in [9.17, 15) is 9.50 Å². The smallest absolute Gasteiger partial charge is 0.124 e. The summed E-state index contributed by atoms with van der Waals surface area (Å²) >= 11 is 6.08. The minimum Gasteiger partial charge on any atom is -0.396 e. The molecule has 5 heteroatoms. The van der Waals surface area contributed by atoms with E-state index in [0.29, 0.717) is 5.02 Å². The van der Waals surface area contributed by atoms with Gasteiger partial charge in [-0.25, -0.2) is 4.39 Å². The van der Waals surface area contributed by atoms with Crippen LogP contribution in [0.1, 0.15) is 31.7 Å². The SMILES string of the molecule is CC(Cc1ccc(F)cc1Cl)NCC1(CCO)CCOCC1. The molecule has 2 rings (SSSR count). The second-order valence-electron chi connectivity index (χ2n) is 6.31. The van der Waals surface area contributed by atoms with Gasteiger partial charge in [-0.05, 0) is 55.7 Å². The van der Waals surface area contributed by atoms with Crippen molar-refractivity contribution in [2.75, 3.05) is 26.4 Å². The normalized spacial score (nSPS) is 19.1. The fraction of sp³-hybridized carbons (Fsp3) is 0.647. The highest BCUT2D eigenvalue weighted by Crippen LogP contribution is 2.33. The molecule has 124 valence electrons. The number of halogens is 2. The van der Waals surface area contributed by atoms with E-state index in [-0.39, 0.29) is 23.9 Å². The van der Waals surface area contributed by atoms with Crippen molar-refractivity contribution >= 4 is 11.6 Å². The Balaban J connectivity index is 1.89. The first kappa shape index (κ1) is 17.7. The van der Waals surface area contributed by atoms with Crippen LogP contribution in [-0.4, -0.2) is 37.5 Å². The molecule has 1 aromatic carbocycles. The summed E-state index contributed by atoms with van der Waals surface area (Å²) in [5, 5.41) is 13.4. The predicted molar refractivity (Wildman–Crippen MR) is 86.8 cm³/mol. The first-order valence-electron chi connectivity index (χ1n) is 7.91. The van der Waals surface area contributed by atoms with Crippen LogP contribution in [0.3, 0.4) is 0 Å². The van der Waals surface area contributed by atoms with E-state index in [0.717, 1.165) is 51.0 Å². The Hall–Kier alpha value is -0.680. The van der Waals surface area contributed by atoms with Gasteiger partial charge in [0.05, 0.1) is 0 Å². The Morgan fingerprint density at radius 2 is 2.14 bits per heavy atom. The number of nitrogens with one attached hydrogen (secondary N) is 1. The van der Waals surface area contributed by atoms with Gasteiger partial charge in [-0.2, -0.15) is 0 Å². The van der Waals surface area contributed by atoms with Crippen LogP contribution in [0.25, 0.3) is 0 Å². The number of benzene rings is 1. The monoisotopic (exact) mass is 329 g/mol. The number of hydrogen-bond acceptors (Lipinski definition) is 3. The van der Waals surface area contributed by atoms with Gasteiger partial charge in [0.25, 0.3) is 0 Å². The average molecular weight is 330 g/mol. The lowest BCUT2D eigenvalue weighted by Gasteiger charge is -2.38. The van der Waals surface area contributed by atoms with Crippen molar-refractivity contribution in [3.8, 4) is 0 Å². The third-order valence-corrected chi connectivity index (χ3v) is 4.91. The first-order valence-corrected chi connectivity index (χ1v) is 8.28. The van der Waals surface area contributed by atoms with Crippen molar-refractivity contribution in [1.29, 1.82) is 0 Å². The maximum Gasteiger partial charge on any atom is 0.124 e. The van der Waals surface area contributed by atoms with E-state index < -0.39 is 0 Å². The van der Waals surface area contributed by atoms with E-state index in [1.165, 1.54) is 12.1 Å². The summed E-state index contributed by atoms with van der Waals surface area (Å²) in [5.41, 5.74) is 1.07. The molecule has 0 aromatic heterocycles. The minimum atomic E-state index is -0.307. The van der Waals surface area contributed by atoms with E-state index in [4.69, 9.17) is 16.3 Å². The topological polar surface area (TPSA) is 41.5 Å². The molecule has 1 aromatic rings. The number of rotatable bonds is 7. The summed E-state index contributed by atoms with van der Waals surface area (Å²) in [7, 11) is 0. The fourth-order valence-corrected chi connectivity index (χ4v) is 3.28. The van der Waals surface area contributed by atoms with Gasteiger partial charge in [-0.15, -0.1) is 0 Å². The van der Waals surface area contributed by atoms with Crippen LogP contribution in [0.15, 0.2) is 18.2 Å². The molecule has 1 heterocycles. The van der Waals surface area contributed by atoms with Crippen molar-refractivity contribution in [3.63, 3.8) is 0 Å². The summed E-state index contributed by atoms with van der Waals surface area (Å²) < 4.78 is 18.5. The van der Waals surface area contributed by atoms with Gasteiger partial charge < -0.3 is 15.2 Å². The van der Waals surface area contributed by atoms with Gasteiger partial charge in [0.1, 0.15) is 5.82 Å². The second-order valence-corrected chi connectivity index (χ2v) is 6.71. The third kappa shape index (κ3) is 4.92. The molecule has 0 bridgehead atoms. The summed E-state index contributed by atoms with van der Waals surface area (Å²) in [6, 6.07) is 4.78. The maximum absolute atomic E-state index is 13.1. The molecule has 1 aliphatic rings. The van der Waals surface area contributed by atoms with E-state index in [2.05, 4.69) is 12.2 Å². The van der Waals surface area contributed by atoms with Crippen LogP contribution >= 0.6 is 11.6 Å². The van der Waals surface area contributed by atoms with Gasteiger partial charge in [0.2, 0.25) is 0 Å². The zero-order chi connectivity index (χ0) is 16.0. The van der Waals surface area contributed by atoms with Gasteiger partial charge in [0.15, 0.2) is 0 Å². The highest BCUT2D eigenvalue weighted by Gasteiger charge is 2.32. The standard InChI is InChI=1S/C17H25ClFNO2/c1-13(10-14-2-3-15(19)11-16(14)18)20-12-17(4-7-21)5-8-22-9-6-17/h2-3,11,13,20-21H,4-10,12H2,1H3. The summed E-state index contributed by atoms with van der Waals surface area (Å²) in [5.74, 6) is -0.307. The number of ether oxygens (including phenoxy) is 1. The minimum absolute atomic E-state index is 0.119. The highest BCUT2D eigenvalue weighted by molar-refractivity contribution is 6.31. The number of aliphatic hydroxyl groups is 1. The molecule has 22 heavy (non-hydrogen) atoms. The van der Waals surface area contributed by atoms with E-state index >= 15 is 0 Å². The molecule has 1 fully saturated rings. The maximum atomic E-state index is 13.1.